The van der Waals surface area contributed by atoms with Crippen LogP contribution in [0.3, 0.4) is 0 Å². The van der Waals surface area contributed by atoms with Gasteiger partial charge in [-0.3, -0.25) is 4.90 Å². The van der Waals surface area contributed by atoms with Crippen molar-refractivity contribution in [3.05, 3.63) is 83.4 Å². The van der Waals surface area contributed by atoms with Gasteiger partial charge < -0.3 is 10.2 Å². The molecule has 1 saturated heterocycles. The van der Waals surface area contributed by atoms with Crippen LogP contribution in [-0.4, -0.2) is 36.1 Å². The molecule has 1 aliphatic heterocycles. The van der Waals surface area contributed by atoms with Gasteiger partial charge in [-0.15, -0.1) is 0 Å². The van der Waals surface area contributed by atoms with E-state index in [1.54, 1.807) is 18.2 Å². The predicted molar refractivity (Wildman–Crippen MR) is 146 cm³/mol. The number of anilines is 2. The van der Waals surface area contributed by atoms with Gasteiger partial charge in [0.1, 0.15) is 0 Å². The molecule has 0 aromatic heterocycles. The summed E-state index contributed by atoms with van der Waals surface area (Å²) in [4.78, 5) is 18.2. The van der Waals surface area contributed by atoms with Gasteiger partial charge in [-0.25, -0.2) is 4.79 Å². The lowest BCUT2D eigenvalue weighted by Crippen LogP contribution is -2.50. The lowest BCUT2D eigenvalue weighted by atomic mass is 9.99. The minimum absolute atomic E-state index is 0.120. The summed E-state index contributed by atoms with van der Waals surface area (Å²) < 4.78 is 0. The van der Waals surface area contributed by atoms with Crippen molar-refractivity contribution in [3.8, 4) is 17.2 Å². The van der Waals surface area contributed by atoms with Crippen molar-refractivity contribution >= 4 is 29.0 Å². The van der Waals surface area contributed by atoms with Crippen molar-refractivity contribution in [2.75, 3.05) is 23.3 Å². The summed E-state index contributed by atoms with van der Waals surface area (Å²) in [5.41, 5.74) is 4.19. The molecule has 184 valence electrons. The number of hydrogen-bond donors (Lipinski definition) is 1. The number of rotatable bonds is 5. The molecule has 36 heavy (non-hydrogen) atoms. The average Bonchev–Trinajstić information content (AvgIpc) is 3.45. The number of hydrogen-bond acceptors (Lipinski definition) is 3. The molecule has 0 bridgehead atoms. The van der Waals surface area contributed by atoms with Crippen LogP contribution in [0.25, 0.3) is 11.1 Å². The fraction of sp³-hybridized carbons (Fsp3) is 0.333. The first-order valence-electron chi connectivity index (χ1n) is 12.8. The van der Waals surface area contributed by atoms with Crippen molar-refractivity contribution in [3.63, 3.8) is 0 Å². The lowest BCUT2D eigenvalue weighted by Gasteiger charge is -2.40. The van der Waals surface area contributed by atoms with Gasteiger partial charge in [0.25, 0.3) is 0 Å². The number of nitrogens with zero attached hydrogens (tertiary/aromatic N) is 3. The molecule has 3 aromatic rings. The Morgan fingerprint density at radius 2 is 1.64 bits per heavy atom. The summed E-state index contributed by atoms with van der Waals surface area (Å²) in [6.07, 6.45) is 7.18. The molecule has 2 aliphatic rings. The van der Waals surface area contributed by atoms with E-state index in [9.17, 15) is 10.1 Å². The number of carbonyl (C=O) groups excluding carboxylic acids is 1. The zero-order chi connectivity index (χ0) is 24.9. The van der Waals surface area contributed by atoms with E-state index in [-0.39, 0.29) is 12.1 Å². The maximum Gasteiger partial charge on any atom is 0.326 e. The Morgan fingerprint density at radius 1 is 0.917 bits per heavy atom. The van der Waals surface area contributed by atoms with E-state index in [0.717, 1.165) is 42.7 Å². The van der Waals surface area contributed by atoms with Crippen LogP contribution in [-0.2, 0) is 0 Å². The number of nitrogens with one attached hydrogen (secondary N) is 1. The van der Waals surface area contributed by atoms with E-state index in [1.165, 1.54) is 25.7 Å². The molecule has 5 rings (SSSR count). The Kier molecular flexibility index (Phi) is 7.55. The predicted octanol–water partition coefficient (Wildman–Crippen LogP) is 7.32. The molecular weight excluding hydrogens is 468 g/mol. The second kappa shape index (κ2) is 11.2. The topological polar surface area (TPSA) is 59.4 Å². The number of urea groups is 1. The van der Waals surface area contributed by atoms with Crippen LogP contribution in [0.4, 0.5) is 16.2 Å². The van der Waals surface area contributed by atoms with Crippen LogP contribution < -0.4 is 10.2 Å². The summed E-state index contributed by atoms with van der Waals surface area (Å²) in [5.74, 6) is 0. The maximum atomic E-state index is 13.6. The van der Waals surface area contributed by atoms with E-state index in [2.05, 4.69) is 16.3 Å². The molecule has 0 spiro atoms. The van der Waals surface area contributed by atoms with Gasteiger partial charge in [0.15, 0.2) is 0 Å². The normalized spacial score (nSPS) is 17.0. The number of halogens is 1. The number of amides is 2. The molecule has 1 heterocycles. The second-order valence-corrected chi connectivity index (χ2v) is 10.2. The molecule has 0 radical (unpaired) electrons. The Hall–Kier alpha value is -3.33. The number of carbonyl (C=O) groups is 1. The Morgan fingerprint density at radius 3 is 2.33 bits per heavy atom. The van der Waals surface area contributed by atoms with E-state index >= 15 is 0 Å². The van der Waals surface area contributed by atoms with Crippen LogP contribution in [0, 0.1) is 11.3 Å². The fourth-order valence-corrected chi connectivity index (χ4v) is 5.80. The third-order valence-electron chi connectivity index (χ3n) is 7.47. The number of nitriles is 1. The molecule has 0 atom stereocenters. The third-order valence-corrected chi connectivity index (χ3v) is 7.71. The van der Waals surface area contributed by atoms with Crippen LogP contribution in [0.5, 0.6) is 0 Å². The van der Waals surface area contributed by atoms with Crippen LogP contribution >= 0.6 is 11.6 Å². The van der Waals surface area contributed by atoms with Crippen LogP contribution in [0.1, 0.15) is 44.1 Å². The summed E-state index contributed by atoms with van der Waals surface area (Å²) in [6.45, 7) is 2.05. The number of likely N-dealkylation sites (tertiary alicyclic amines) is 1. The molecule has 6 heteroatoms. The highest BCUT2D eigenvalue weighted by Gasteiger charge is 2.32. The van der Waals surface area contributed by atoms with Gasteiger partial charge in [-0.2, -0.15) is 5.26 Å². The van der Waals surface area contributed by atoms with Crippen molar-refractivity contribution in [2.24, 2.45) is 0 Å². The molecule has 1 N–H and O–H groups in total. The molecule has 1 saturated carbocycles. The second-order valence-electron chi connectivity index (χ2n) is 9.76. The third kappa shape index (κ3) is 5.56. The van der Waals surface area contributed by atoms with E-state index < -0.39 is 0 Å². The molecule has 2 amide bonds. The smallest absolute Gasteiger partial charge is 0.307 e. The summed E-state index contributed by atoms with van der Waals surface area (Å²) in [7, 11) is 0. The maximum absolute atomic E-state index is 13.6. The highest BCUT2D eigenvalue weighted by atomic mass is 35.5. The van der Waals surface area contributed by atoms with Gasteiger partial charge in [-0.05, 0) is 79.3 Å². The molecular formula is C30H31ClN4O. The summed E-state index contributed by atoms with van der Waals surface area (Å²) >= 11 is 6.16. The van der Waals surface area contributed by atoms with E-state index in [0.29, 0.717) is 22.3 Å². The minimum atomic E-state index is -0.143. The Balaban J connectivity index is 1.38. The highest BCUT2D eigenvalue weighted by molar-refractivity contribution is 6.30. The SMILES string of the molecule is N#Cc1cccc(-c2ccc(N(C(=O)Nc3cccc(Cl)c3)C3CCN(C4CCCC4)CC3)cc2)c1. The summed E-state index contributed by atoms with van der Waals surface area (Å²) in [6, 6.07) is 25.8. The first-order valence-corrected chi connectivity index (χ1v) is 13.2. The van der Waals surface area contributed by atoms with Crippen molar-refractivity contribution < 1.29 is 4.79 Å². The zero-order valence-corrected chi connectivity index (χ0v) is 21.1. The standard InChI is InChI=1S/C30H31ClN4O/c31-25-7-4-8-26(20-25)33-30(36)35(29-15-17-34(18-16-29)27-9-1-2-10-27)28-13-11-23(12-14-28)24-6-3-5-22(19-24)21-32/h3-8,11-14,19-20,27,29H,1-2,9-10,15-18H2,(H,33,36). The number of benzene rings is 3. The van der Waals surface area contributed by atoms with Gasteiger partial charge in [0.05, 0.1) is 11.6 Å². The average molecular weight is 499 g/mol. The molecule has 1 aliphatic carbocycles. The van der Waals surface area contributed by atoms with E-state index in [1.807, 2.05) is 59.5 Å². The quantitative estimate of drug-likeness (QED) is 0.400. The largest absolute Gasteiger partial charge is 0.326 e. The van der Waals surface area contributed by atoms with Crippen molar-refractivity contribution in [1.82, 2.24) is 4.90 Å². The van der Waals surface area contributed by atoms with Gasteiger partial charge >= 0.3 is 6.03 Å². The monoisotopic (exact) mass is 498 g/mol. The van der Waals surface area contributed by atoms with E-state index in [4.69, 9.17) is 11.6 Å². The Labute approximate surface area is 218 Å². The van der Waals surface area contributed by atoms with Gasteiger partial charge in [0.2, 0.25) is 0 Å². The number of piperidine rings is 1. The van der Waals surface area contributed by atoms with Crippen LogP contribution in [0.15, 0.2) is 72.8 Å². The zero-order valence-electron chi connectivity index (χ0n) is 20.4. The summed E-state index contributed by atoms with van der Waals surface area (Å²) in [5, 5.41) is 12.9. The highest BCUT2D eigenvalue weighted by Crippen LogP contribution is 2.31. The molecule has 2 fully saturated rings. The lowest BCUT2D eigenvalue weighted by molar-refractivity contribution is 0.153. The van der Waals surface area contributed by atoms with Gasteiger partial charge in [0, 0.05) is 41.6 Å². The van der Waals surface area contributed by atoms with Crippen molar-refractivity contribution in [2.45, 2.75) is 50.6 Å². The molecule has 5 nitrogen and oxygen atoms in total. The first-order chi connectivity index (χ1) is 17.6. The molecule has 0 unspecified atom stereocenters. The minimum Gasteiger partial charge on any atom is -0.307 e. The van der Waals surface area contributed by atoms with Crippen molar-refractivity contribution in [1.29, 1.82) is 5.26 Å². The Bertz CT molecular complexity index is 1240. The van der Waals surface area contributed by atoms with Gasteiger partial charge in [-0.1, -0.05) is 54.8 Å². The fourth-order valence-electron chi connectivity index (χ4n) is 5.61. The first kappa shape index (κ1) is 24.4. The van der Waals surface area contributed by atoms with Crippen LogP contribution in [0.2, 0.25) is 5.02 Å². The molecule has 3 aromatic carbocycles.